The van der Waals surface area contributed by atoms with Gasteiger partial charge < -0.3 is 9.84 Å². The smallest absolute Gasteiger partial charge is 0.0757 e. The van der Waals surface area contributed by atoms with Crippen LogP contribution in [0.2, 0.25) is 0 Å². The van der Waals surface area contributed by atoms with Crippen LogP contribution in [0.15, 0.2) is 0 Å². The molecular formula is C12H25NO2. The number of hydrogen-bond donors (Lipinski definition) is 1. The van der Waals surface area contributed by atoms with E-state index in [0.717, 1.165) is 32.5 Å². The van der Waals surface area contributed by atoms with Gasteiger partial charge in [0, 0.05) is 19.6 Å². The zero-order valence-corrected chi connectivity index (χ0v) is 10.5. The topological polar surface area (TPSA) is 32.7 Å². The Morgan fingerprint density at radius 1 is 1.53 bits per heavy atom. The quantitative estimate of drug-likeness (QED) is 0.774. The molecule has 2 unspecified atom stereocenters. The van der Waals surface area contributed by atoms with Crippen LogP contribution >= 0.6 is 0 Å². The van der Waals surface area contributed by atoms with Crippen molar-refractivity contribution in [2.75, 3.05) is 19.6 Å². The first kappa shape index (κ1) is 12.9. The van der Waals surface area contributed by atoms with E-state index in [-0.39, 0.29) is 17.8 Å². The number of aliphatic hydroxyl groups is 1. The average Bonchev–Trinajstić information content (AvgIpc) is 1.99. The Kier molecular flexibility index (Phi) is 4.56. The molecule has 3 nitrogen and oxygen atoms in total. The molecule has 1 saturated heterocycles. The predicted molar refractivity (Wildman–Crippen MR) is 62.0 cm³/mol. The van der Waals surface area contributed by atoms with Crippen molar-refractivity contribution in [1.29, 1.82) is 0 Å². The van der Waals surface area contributed by atoms with E-state index >= 15 is 0 Å². The molecule has 1 aliphatic rings. The number of β-amino-alcohol motifs (C(OH)–C–C–N with tert-alkyl or cyclic N) is 1. The van der Waals surface area contributed by atoms with Crippen LogP contribution < -0.4 is 0 Å². The summed E-state index contributed by atoms with van der Waals surface area (Å²) in [7, 11) is 0. The van der Waals surface area contributed by atoms with Gasteiger partial charge in [0.15, 0.2) is 0 Å². The monoisotopic (exact) mass is 215 g/mol. The first-order valence-electron chi connectivity index (χ1n) is 6.01. The van der Waals surface area contributed by atoms with Crippen molar-refractivity contribution in [3.05, 3.63) is 0 Å². The summed E-state index contributed by atoms with van der Waals surface area (Å²) in [5.74, 6) is 0. The van der Waals surface area contributed by atoms with Crippen molar-refractivity contribution in [3.8, 4) is 0 Å². The molecule has 0 radical (unpaired) electrons. The highest BCUT2D eigenvalue weighted by atomic mass is 16.5. The summed E-state index contributed by atoms with van der Waals surface area (Å²) in [6.07, 6.45) is 2.02. The minimum absolute atomic E-state index is 0.0798. The molecule has 1 fully saturated rings. The molecule has 2 atom stereocenters. The van der Waals surface area contributed by atoms with Gasteiger partial charge in [-0.2, -0.15) is 0 Å². The van der Waals surface area contributed by atoms with Crippen LogP contribution in [0.5, 0.6) is 0 Å². The number of hydrogen-bond acceptors (Lipinski definition) is 3. The van der Waals surface area contributed by atoms with Crippen LogP contribution in [0.25, 0.3) is 0 Å². The highest BCUT2D eigenvalue weighted by Gasteiger charge is 2.31. The molecule has 0 aromatic carbocycles. The first-order chi connectivity index (χ1) is 6.93. The van der Waals surface area contributed by atoms with Crippen LogP contribution in [0.4, 0.5) is 0 Å². The van der Waals surface area contributed by atoms with Gasteiger partial charge in [0.25, 0.3) is 0 Å². The summed E-state index contributed by atoms with van der Waals surface area (Å²) in [5.41, 5.74) is -0.0798. The maximum absolute atomic E-state index is 9.78. The Morgan fingerprint density at radius 2 is 2.20 bits per heavy atom. The van der Waals surface area contributed by atoms with Crippen LogP contribution in [0.3, 0.4) is 0 Å². The minimum Gasteiger partial charge on any atom is -0.392 e. The third-order valence-corrected chi connectivity index (χ3v) is 2.73. The van der Waals surface area contributed by atoms with Gasteiger partial charge in [0.05, 0.1) is 17.8 Å². The Balaban J connectivity index is 2.41. The second kappa shape index (κ2) is 5.28. The number of morpholine rings is 1. The van der Waals surface area contributed by atoms with Crippen molar-refractivity contribution in [3.63, 3.8) is 0 Å². The lowest BCUT2D eigenvalue weighted by atomic mass is 10.0. The Hall–Kier alpha value is -0.120. The Labute approximate surface area is 93.4 Å². The van der Waals surface area contributed by atoms with Crippen molar-refractivity contribution < 1.29 is 9.84 Å². The summed E-state index contributed by atoms with van der Waals surface area (Å²) in [6, 6.07) is 0. The normalized spacial score (nSPS) is 29.0. The van der Waals surface area contributed by atoms with E-state index in [1.165, 1.54) is 0 Å². The molecule has 1 heterocycles. The third kappa shape index (κ3) is 4.49. The van der Waals surface area contributed by atoms with Crippen LogP contribution in [0, 0.1) is 0 Å². The van der Waals surface area contributed by atoms with Crippen molar-refractivity contribution in [2.24, 2.45) is 0 Å². The molecule has 0 aromatic heterocycles. The molecule has 1 N–H and O–H groups in total. The summed E-state index contributed by atoms with van der Waals surface area (Å²) in [6.45, 7) is 11.1. The van der Waals surface area contributed by atoms with E-state index in [2.05, 4.69) is 32.6 Å². The number of ether oxygens (including phenoxy) is 1. The third-order valence-electron chi connectivity index (χ3n) is 2.73. The predicted octanol–water partition coefficient (Wildman–Crippen LogP) is 1.65. The zero-order chi connectivity index (χ0) is 11.5. The zero-order valence-electron chi connectivity index (χ0n) is 10.5. The Bertz CT molecular complexity index is 194. The van der Waals surface area contributed by atoms with Crippen molar-refractivity contribution >= 4 is 0 Å². The lowest BCUT2D eigenvalue weighted by molar-refractivity contribution is -0.133. The fourth-order valence-corrected chi connectivity index (χ4v) is 2.45. The number of rotatable bonds is 4. The highest BCUT2D eigenvalue weighted by Crippen LogP contribution is 2.21. The van der Waals surface area contributed by atoms with Gasteiger partial charge in [0.1, 0.15) is 0 Å². The van der Waals surface area contributed by atoms with Crippen LogP contribution in [0.1, 0.15) is 40.5 Å². The molecule has 0 saturated carbocycles. The summed E-state index contributed by atoms with van der Waals surface area (Å²) >= 11 is 0. The van der Waals surface area contributed by atoms with Gasteiger partial charge in [-0.1, -0.05) is 13.3 Å². The van der Waals surface area contributed by atoms with E-state index < -0.39 is 0 Å². The van der Waals surface area contributed by atoms with Gasteiger partial charge in [-0.3, -0.25) is 4.90 Å². The second-order valence-corrected chi connectivity index (χ2v) is 5.32. The number of aliphatic hydroxyl groups excluding tert-OH is 1. The maximum atomic E-state index is 9.78. The van der Waals surface area contributed by atoms with Crippen LogP contribution in [-0.4, -0.2) is 47.4 Å². The number of nitrogens with zero attached hydrogens (tertiary/aromatic N) is 1. The van der Waals surface area contributed by atoms with E-state index in [1.54, 1.807) is 0 Å². The standard InChI is InChI=1S/C12H25NO2/c1-5-6-11(14)8-13-7-10(2)15-12(3,4)9-13/h10-11,14H,5-9H2,1-4H3. The summed E-state index contributed by atoms with van der Waals surface area (Å²) in [4.78, 5) is 2.31. The molecule has 1 rings (SSSR count). The Morgan fingerprint density at radius 3 is 2.73 bits per heavy atom. The fraction of sp³-hybridized carbons (Fsp3) is 1.00. The molecular weight excluding hydrogens is 190 g/mol. The molecule has 0 aliphatic carbocycles. The van der Waals surface area contributed by atoms with Crippen LogP contribution in [-0.2, 0) is 4.74 Å². The molecule has 0 aromatic rings. The van der Waals surface area contributed by atoms with Crippen molar-refractivity contribution in [1.82, 2.24) is 4.90 Å². The van der Waals surface area contributed by atoms with Gasteiger partial charge in [-0.15, -0.1) is 0 Å². The van der Waals surface area contributed by atoms with Gasteiger partial charge in [0.2, 0.25) is 0 Å². The molecule has 0 bridgehead atoms. The molecule has 1 aliphatic heterocycles. The van der Waals surface area contributed by atoms with Gasteiger partial charge in [-0.05, 0) is 27.2 Å². The largest absolute Gasteiger partial charge is 0.392 e. The maximum Gasteiger partial charge on any atom is 0.0757 e. The van der Waals surface area contributed by atoms with Gasteiger partial charge >= 0.3 is 0 Å². The van der Waals surface area contributed by atoms with E-state index in [0.29, 0.717) is 0 Å². The minimum atomic E-state index is -0.184. The second-order valence-electron chi connectivity index (χ2n) is 5.32. The molecule has 0 spiro atoms. The van der Waals surface area contributed by atoms with E-state index in [4.69, 9.17) is 4.74 Å². The molecule has 15 heavy (non-hydrogen) atoms. The van der Waals surface area contributed by atoms with Crippen molar-refractivity contribution in [2.45, 2.75) is 58.3 Å². The average molecular weight is 215 g/mol. The van der Waals surface area contributed by atoms with E-state index in [9.17, 15) is 5.11 Å². The first-order valence-corrected chi connectivity index (χ1v) is 6.01. The summed E-state index contributed by atoms with van der Waals surface area (Å²) < 4.78 is 5.82. The molecule has 90 valence electrons. The van der Waals surface area contributed by atoms with Gasteiger partial charge in [-0.25, -0.2) is 0 Å². The van der Waals surface area contributed by atoms with E-state index in [1.807, 2.05) is 0 Å². The molecule has 0 amide bonds. The fourth-order valence-electron chi connectivity index (χ4n) is 2.45. The molecule has 3 heteroatoms. The highest BCUT2D eigenvalue weighted by molar-refractivity contribution is 4.83. The summed E-state index contributed by atoms with van der Waals surface area (Å²) in [5, 5.41) is 9.78. The SMILES string of the molecule is CCCC(O)CN1CC(C)OC(C)(C)C1. The lowest BCUT2D eigenvalue weighted by Gasteiger charge is -2.42. The lowest BCUT2D eigenvalue weighted by Crippen LogP contribution is -2.53.